The van der Waals surface area contributed by atoms with Gasteiger partial charge in [-0.1, -0.05) is 30.3 Å². The van der Waals surface area contributed by atoms with Gasteiger partial charge >= 0.3 is 0 Å². The SMILES string of the molecule is N=C(c1ccc(N2CCNCC2)nc1)c1cnc(NCCCc2ccccc2)nc1NCC1CCC(O)CC1. The van der Waals surface area contributed by atoms with Gasteiger partial charge in [-0.2, -0.15) is 4.98 Å². The molecule has 3 heterocycles. The summed E-state index contributed by atoms with van der Waals surface area (Å²) >= 11 is 0. The first kappa shape index (κ1) is 27.0. The Kier molecular flexibility index (Phi) is 9.34. The van der Waals surface area contributed by atoms with E-state index in [4.69, 9.17) is 10.4 Å². The number of anilines is 3. The number of aromatic nitrogens is 3. The molecular weight excluding hydrogens is 488 g/mol. The Morgan fingerprint density at radius 3 is 2.51 bits per heavy atom. The maximum atomic E-state index is 9.88. The van der Waals surface area contributed by atoms with Crippen molar-refractivity contribution in [2.24, 2.45) is 5.92 Å². The van der Waals surface area contributed by atoms with Gasteiger partial charge in [0.15, 0.2) is 0 Å². The Morgan fingerprint density at radius 2 is 1.77 bits per heavy atom. The Hall–Kier alpha value is -3.56. The third-order valence-corrected chi connectivity index (χ3v) is 7.68. The summed E-state index contributed by atoms with van der Waals surface area (Å²) in [6, 6.07) is 14.4. The highest BCUT2D eigenvalue weighted by molar-refractivity contribution is 6.13. The van der Waals surface area contributed by atoms with Crippen LogP contribution in [0.5, 0.6) is 0 Å². The van der Waals surface area contributed by atoms with Crippen LogP contribution in [-0.2, 0) is 6.42 Å². The summed E-state index contributed by atoms with van der Waals surface area (Å²) in [5, 5.41) is 29.1. The summed E-state index contributed by atoms with van der Waals surface area (Å²) in [6.07, 6.45) is 8.99. The number of aliphatic hydroxyl groups excluding tert-OH is 1. The lowest BCUT2D eigenvalue weighted by Crippen LogP contribution is -2.43. The minimum Gasteiger partial charge on any atom is -0.393 e. The average Bonchev–Trinajstić information content (AvgIpc) is 3.00. The molecule has 0 atom stereocenters. The molecule has 1 aliphatic heterocycles. The molecule has 2 aromatic heterocycles. The molecule has 2 fully saturated rings. The smallest absolute Gasteiger partial charge is 0.224 e. The first-order valence-corrected chi connectivity index (χ1v) is 14.2. The van der Waals surface area contributed by atoms with E-state index >= 15 is 0 Å². The van der Waals surface area contributed by atoms with E-state index in [2.05, 4.69) is 55.1 Å². The summed E-state index contributed by atoms with van der Waals surface area (Å²) in [5.41, 5.74) is 3.08. The van der Waals surface area contributed by atoms with Crippen LogP contribution >= 0.6 is 0 Å². The number of pyridine rings is 1. The maximum Gasteiger partial charge on any atom is 0.224 e. The lowest BCUT2D eigenvalue weighted by atomic mass is 9.87. The van der Waals surface area contributed by atoms with E-state index in [1.165, 1.54) is 5.56 Å². The van der Waals surface area contributed by atoms with Crippen LogP contribution in [0.15, 0.2) is 54.9 Å². The fourth-order valence-electron chi connectivity index (χ4n) is 5.28. The van der Waals surface area contributed by atoms with E-state index in [0.717, 1.165) is 89.2 Å². The van der Waals surface area contributed by atoms with Gasteiger partial charge in [0.1, 0.15) is 11.6 Å². The number of hydrogen-bond donors (Lipinski definition) is 5. The molecule has 206 valence electrons. The molecule has 1 aromatic carbocycles. The van der Waals surface area contributed by atoms with Crippen molar-refractivity contribution in [1.82, 2.24) is 20.3 Å². The Morgan fingerprint density at radius 1 is 0.974 bits per heavy atom. The summed E-state index contributed by atoms with van der Waals surface area (Å²) < 4.78 is 0. The number of aliphatic hydroxyl groups is 1. The molecule has 0 amide bonds. The fourth-order valence-corrected chi connectivity index (χ4v) is 5.28. The second kappa shape index (κ2) is 13.5. The normalized spacial score (nSPS) is 19.5. The van der Waals surface area contributed by atoms with Gasteiger partial charge in [-0.15, -0.1) is 0 Å². The van der Waals surface area contributed by atoms with E-state index in [9.17, 15) is 5.11 Å². The number of nitrogens with one attached hydrogen (secondary N) is 4. The second-order valence-corrected chi connectivity index (χ2v) is 10.5. The van der Waals surface area contributed by atoms with Gasteiger partial charge in [-0.05, 0) is 62.1 Å². The predicted molar refractivity (Wildman–Crippen MR) is 157 cm³/mol. The van der Waals surface area contributed by atoms with Crippen molar-refractivity contribution in [3.05, 3.63) is 71.5 Å². The van der Waals surface area contributed by atoms with Gasteiger partial charge in [0.05, 0.1) is 17.4 Å². The highest BCUT2D eigenvalue weighted by Gasteiger charge is 2.21. The van der Waals surface area contributed by atoms with Crippen molar-refractivity contribution in [2.45, 2.75) is 44.6 Å². The standard InChI is InChI=1S/C30H40N8O/c31-28(24-10-13-27(34-20-24)38-17-15-32-16-18-38)26-21-36-30(33-14-4-7-22-5-2-1-3-6-22)37-29(26)35-19-23-8-11-25(39)12-9-23/h1-3,5-6,10,13,20-21,23,25,31-32,39H,4,7-9,11-12,14-19H2,(H2,33,35,36,37). The van der Waals surface area contributed by atoms with Crippen molar-refractivity contribution in [2.75, 3.05) is 54.8 Å². The molecule has 1 saturated carbocycles. The number of piperazine rings is 1. The van der Waals surface area contributed by atoms with Crippen molar-refractivity contribution in [3.8, 4) is 0 Å². The fraction of sp³-hybridized carbons (Fsp3) is 0.467. The minimum atomic E-state index is -0.174. The van der Waals surface area contributed by atoms with Crippen LogP contribution in [0.2, 0.25) is 0 Å². The zero-order valence-electron chi connectivity index (χ0n) is 22.6. The maximum absolute atomic E-state index is 9.88. The molecule has 5 N–H and O–H groups in total. The molecule has 3 aromatic rings. The van der Waals surface area contributed by atoms with Crippen LogP contribution in [0.25, 0.3) is 0 Å². The molecule has 0 spiro atoms. The van der Waals surface area contributed by atoms with Crippen LogP contribution in [0.1, 0.15) is 48.8 Å². The number of hydrogen-bond acceptors (Lipinski definition) is 9. The van der Waals surface area contributed by atoms with E-state index in [1.807, 2.05) is 18.2 Å². The second-order valence-electron chi connectivity index (χ2n) is 10.5. The zero-order chi connectivity index (χ0) is 26.9. The van der Waals surface area contributed by atoms with Gasteiger partial charge in [0, 0.05) is 57.2 Å². The lowest BCUT2D eigenvalue weighted by Gasteiger charge is -2.28. The first-order valence-electron chi connectivity index (χ1n) is 14.2. The van der Waals surface area contributed by atoms with Gasteiger partial charge in [0.2, 0.25) is 5.95 Å². The van der Waals surface area contributed by atoms with Crippen molar-refractivity contribution in [1.29, 1.82) is 5.41 Å². The Labute approximate surface area is 231 Å². The number of aryl methyl sites for hydroxylation is 1. The van der Waals surface area contributed by atoms with E-state index in [0.29, 0.717) is 29.0 Å². The summed E-state index contributed by atoms with van der Waals surface area (Å²) in [6.45, 7) is 5.31. The van der Waals surface area contributed by atoms with Crippen LogP contribution in [0.4, 0.5) is 17.6 Å². The monoisotopic (exact) mass is 528 g/mol. The molecule has 9 heteroatoms. The average molecular weight is 529 g/mol. The van der Waals surface area contributed by atoms with E-state index in [1.54, 1.807) is 12.4 Å². The largest absolute Gasteiger partial charge is 0.393 e. The van der Waals surface area contributed by atoms with Crippen molar-refractivity contribution >= 4 is 23.3 Å². The Balaban J connectivity index is 1.27. The predicted octanol–water partition coefficient (Wildman–Crippen LogP) is 3.71. The molecule has 2 aliphatic rings. The minimum absolute atomic E-state index is 0.174. The Bertz CT molecular complexity index is 1190. The van der Waals surface area contributed by atoms with Crippen LogP contribution < -0.4 is 20.9 Å². The van der Waals surface area contributed by atoms with Gasteiger partial charge in [-0.25, -0.2) is 9.97 Å². The lowest BCUT2D eigenvalue weighted by molar-refractivity contribution is 0.111. The van der Waals surface area contributed by atoms with Gasteiger partial charge in [-0.3, -0.25) is 5.41 Å². The highest BCUT2D eigenvalue weighted by Crippen LogP contribution is 2.26. The van der Waals surface area contributed by atoms with Crippen LogP contribution in [-0.4, -0.2) is 71.1 Å². The summed E-state index contributed by atoms with van der Waals surface area (Å²) in [4.78, 5) is 16.3. The quantitative estimate of drug-likeness (QED) is 0.189. The first-order chi connectivity index (χ1) is 19.2. The summed E-state index contributed by atoms with van der Waals surface area (Å²) in [5.74, 6) is 2.65. The summed E-state index contributed by atoms with van der Waals surface area (Å²) in [7, 11) is 0. The van der Waals surface area contributed by atoms with Crippen LogP contribution in [0.3, 0.4) is 0 Å². The molecule has 1 saturated heterocycles. The number of benzene rings is 1. The van der Waals surface area contributed by atoms with Crippen molar-refractivity contribution < 1.29 is 5.11 Å². The number of nitrogens with zero attached hydrogens (tertiary/aromatic N) is 4. The third-order valence-electron chi connectivity index (χ3n) is 7.68. The topological polar surface area (TPSA) is 122 Å². The molecule has 1 aliphatic carbocycles. The highest BCUT2D eigenvalue weighted by atomic mass is 16.3. The van der Waals surface area contributed by atoms with E-state index in [-0.39, 0.29) is 6.10 Å². The van der Waals surface area contributed by atoms with Gasteiger partial charge < -0.3 is 26.0 Å². The molecule has 39 heavy (non-hydrogen) atoms. The molecule has 0 radical (unpaired) electrons. The van der Waals surface area contributed by atoms with Gasteiger partial charge in [0.25, 0.3) is 0 Å². The van der Waals surface area contributed by atoms with Crippen LogP contribution in [0, 0.1) is 11.3 Å². The molecule has 0 bridgehead atoms. The number of rotatable bonds is 11. The molecule has 0 unspecified atom stereocenters. The molecule has 9 nitrogen and oxygen atoms in total. The van der Waals surface area contributed by atoms with E-state index < -0.39 is 0 Å². The molecular formula is C30H40N8O. The van der Waals surface area contributed by atoms with Crippen molar-refractivity contribution in [3.63, 3.8) is 0 Å². The third kappa shape index (κ3) is 7.52. The zero-order valence-corrected chi connectivity index (χ0v) is 22.6. The molecule has 5 rings (SSSR count).